The Balaban J connectivity index is 1.79. The minimum atomic E-state index is 0.522. The van der Waals surface area contributed by atoms with Gasteiger partial charge in [-0.2, -0.15) is 10.1 Å². The number of oxazole rings is 1. The molecule has 0 saturated heterocycles. The lowest BCUT2D eigenvalue weighted by Gasteiger charge is -2.17. The van der Waals surface area contributed by atoms with Gasteiger partial charge in [-0.15, -0.1) is 0 Å². The summed E-state index contributed by atoms with van der Waals surface area (Å²) in [6.07, 6.45) is 5.37. The van der Waals surface area contributed by atoms with E-state index in [9.17, 15) is 0 Å². The zero-order chi connectivity index (χ0) is 14.1. The second-order valence-corrected chi connectivity index (χ2v) is 4.79. The van der Waals surface area contributed by atoms with E-state index >= 15 is 0 Å². The molecular weight excluding hydrogens is 256 g/mol. The second kappa shape index (κ2) is 4.92. The van der Waals surface area contributed by atoms with Crippen LogP contribution in [0.2, 0.25) is 0 Å². The highest BCUT2D eigenvalue weighted by Gasteiger charge is 2.13. The molecule has 0 saturated carbocycles. The molecule has 0 aliphatic carbocycles. The fourth-order valence-corrected chi connectivity index (χ4v) is 2.07. The molecule has 0 aromatic carbocycles. The van der Waals surface area contributed by atoms with Crippen LogP contribution in [0.25, 0.3) is 11.2 Å². The van der Waals surface area contributed by atoms with Crippen molar-refractivity contribution >= 4 is 17.0 Å². The van der Waals surface area contributed by atoms with Gasteiger partial charge in [-0.1, -0.05) is 0 Å². The van der Waals surface area contributed by atoms with E-state index in [2.05, 4.69) is 20.1 Å². The zero-order valence-corrected chi connectivity index (χ0v) is 11.7. The van der Waals surface area contributed by atoms with Crippen molar-refractivity contribution in [1.82, 2.24) is 24.7 Å². The van der Waals surface area contributed by atoms with Crippen LogP contribution in [0.4, 0.5) is 5.82 Å². The van der Waals surface area contributed by atoms with Crippen LogP contribution < -0.4 is 4.90 Å². The van der Waals surface area contributed by atoms with Gasteiger partial charge in [0.1, 0.15) is 6.33 Å². The first-order valence-electron chi connectivity index (χ1n) is 6.42. The average molecular weight is 272 g/mol. The van der Waals surface area contributed by atoms with Crippen LogP contribution in [0.5, 0.6) is 0 Å². The molecule has 0 spiro atoms. The molecule has 104 valence electrons. The Bertz CT molecular complexity index is 731. The molecule has 3 aromatic heterocycles. The molecule has 7 heteroatoms. The van der Waals surface area contributed by atoms with Gasteiger partial charge in [-0.3, -0.25) is 4.68 Å². The summed E-state index contributed by atoms with van der Waals surface area (Å²) in [5.41, 5.74) is 2.38. The summed E-state index contributed by atoms with van der Waals surface area (Å²) in [4.78, 5) is 14.8. The summed E-state index contributed by atoms with van der Waals surface area (Å²) in [5, 5.41) is 4.27. The number of aromatic nitrogens is 5. The van der Waals surface area contributed by atoms with Crippen LogP contribution >= 0.6 is 0 Å². The summed E-state index contributed by atoms with van der Waals surface area (Å²) < 4.78 is 7.33. The molecule has 0 atom stereocenters. The van der Waals surface area contributed by atoms with Crippen molar-refractivity contribution in [3.63, 3.8) is 0 Å². The SMILES string of the molecule is Cc1cnn(CCN(C)c2ncnc3oc(C)nc23)c1. The Kier molecular flexibility index (Phi) is 3.09. The molecule has 3 heterocycles. The minimum absolute atomic E-state index is 0.522. The quantitative estimate of drug-likeness (QED) is 0.717. The van der Waals surface area contributed by atoms with E-state index in [-0.39, 0.29) is 0 Å². The topological polar surface area (TPSA) is 72.9 Å². The first-order valence-corrected chi connectivity index (χ1v) is 6.42. The van der Waals surface area contributed by atoms with Crippen LogP contribution in [0.1, 0.15) is 11.5 Å². The Morgan fingerprint density at radius 2 is 2.15 bits per heavy atom. The molecule has 0 unspecified atom stereocenters. The normalized spacial score (nSPS) is 11.2. The van der Waals surface area contributed by atoms with Gasteiger partial charge in [0.15, 0.2) is 17.2 Å². The van der Waals surface area contributed by atoms with Gasteiger partial charge >= 0.3 is 0 Å². The number of likely N-dealkylation sites (N-methyl/N-ethyl adjacent to an activating group) is 1. The molecule has 3 rings (SSSR count). The van der Waals surface area contributed by atoms with Gasteiger partial charge in [0.2, 0.25) is 0 Å². The smallest absolute Gasteiger partial charge is 0.252 e. The Morgan fingerprint density at radius 1 is 1.30 bits per heavy atom. The van der Waals surface area contributed by atoms with Gasteiger partial charge in [0.05, 0.1) is 12.7 Å². The van der Waals surface area contributed by atoms with Crippen molar-refractivity contribution in [1.29, 1.82) is 0 Å². The molecule has 7 nitrogen and oxygen atoms in total. The number of hydrogen-bond donors (Lipinski definition) is 0. The van der Waals surface area contributed by atoms with Gasteiger partial charge < -0.3 is 9.32 Å². The predicted octanol–water partition coefficient (Wildman–Crippen LogP) is 1.57. The number of anilines is 1. The number of nitrogens with zero attached hydrogens (tertiary/aromatic N) is 6. The van der Waals surface area contributed by atoms with E-state index in [4.69, 9.17) is 4.42 Å². The molecule has 0 amide bonds. The highest BCUT2D eigenvalue weighted by molar-refractivity contribution is 5.81. The van der Waals surface area contributed by atoms with Crippen molar-refractivity contribution in [2.75, 3.05) is 18.5 Å². The standard InChI is InChI=1S/C13H16N6O/c1-9-6-16-19(7-9)5-4-18(3)12-11-13(15-8-14-12)20-10(2)17-11/h6-8H,4-5H2,1-3H3. The van der Waals surface area contributed by atoms with E-state index in [0.717, 1.165) is 24.5 Å². The molecular formula is C13H16N6O. The molecule has 3 aromatic rings. The van der Waals surface area contributed by atoms with Gasteiger partial charge in [0, 0.05) is 26.7 Å². The highest BCUT2D eigenvalue weighted by Crippen LogP contribution is 2.21. The van der Waals surface area contributed by atoms with Crippen molar-refractivity contribution in [3.8, 4) is 0 Å². The van der Waals surface area contributed by atoms with Gasteiger partial charge in [0.25, 0.3) is 5.71 Å². The Labute approximate surface area is 116 Å². The lowest BCUT2D eigenvalue weighted by Crippen LogP contribution is -2.24. The van der Waals surface area contributed by atoms with Crippen molar-refractivity contribution < 1.29 is 4.42 Å². The summed E-state index contributed by atoms with van der Waals surface area (Å²) in [5.74, 6) is 1.37. The number of aryl methyl sites for hydroxylation is 2. The lowest BCUT2D eigenvalue weighted by atomic mass is 10.4. The summed E-state index contributed by atoms with van der Waals surface area (Å²) >= 11 is 0. The molecule has 0 aliphatic rings. The fraction of sp³-hybridized carbons (Fsp3) is 0.385. The van der Waals surface area contributed by atoms with E-state index in [1.54, 1.807) is 6.92 Å². The summed E-state index contributed by atoms with van der Waals surface area (Å²) in [6.45, 7) is 5.39. The first kappa shape index (κ1) is 12.6. The molecule has 0 radical (unpaired) electrons. The van der Waals surface area contributed by atoms with E-state index in [1.807, 2.05) is 35.9 Å². The highest BCUT2D eigenvalue weighted by atomic mass is 16.4. The fourth-order valence-electron chi connectivity index (χ4n) is 2.07. The minimum Gasteiger partial charge on any atom is -0.422 e. The monoisotopic (exact) mass is 272 g/mol. The zero-order valence-electron chi connectivity index (χ0n) is 11.7. The van der Waals surface area contributed by atoms with Crippen molar-refractivity contribution in [2.24, 2.45) is 0 Å². The van der Waals surface area contributed by atoms with E-state index in [1.165, 1.54) is 6.33 Å². The third-order valence-corrected chi connectivity index (χ3v) is 3.07. The third-order valence-electron chi connectivity index (χ3n) is 3.07. The van der Waals surface area contributed by atoms with E-state index in [0.29, 0.717) is 17.1 Å². The van der Waals surface area contributed by atoms with Crippen LogP contribution in [0.15, 0.2) is 23.1 Å². The van der Waals surface area contributed by atoms with E-state index < -0.39 is 0 Å². The number of hydrogen-bond acceptors (Lipinski definition) is 6. The first-order chi connectivity index (χ1) is 9.63. The largest absolute Gasteiger partial charge is 0.422 e. The molecule has 0 N–H and O–H groups in total. The van der Waals surface area contributed by atoms with Gasteiger partial charge in [-0.25, -0.2) is 9.97 Å². The number of fused-ring (bicyclic) bond motifs is 1. The number of rotatable bonds is 4. The summed E-state index contributed by atoms with van der Waals surface area (Å²) in [7, 11) is 1.97. The Morgan fingerprint density at radius 3 is 2.90 bits per heavy atom. The molecule has 20 heavy (non-hydrogen) atoms. The van der Waals surface area contributed by atoms with Crippen LogP contribution in [0.3, 0.4) is 0 Å². The van der Waals surface area contributed by atoms with Crippen LogP contribution in [0, 0.1) is 13.8 Å². The third kappa shape index (κ3) is 2.34. The molecule has 0 fully saturated rings. The van der Waals surface area contributed by atoms with Crippen LogP contribution in [-0.2, 0) is 6.54 Å². The predicted molar refractivity (Wildman–Crippen MR) is 74.6 cm³/mol. The van der Waals surface area contributed by atoms with Crippen molar-refractivity contribution in [2.45, 2.75) is 20.4 Å². The second-order valence-electron chi connectivity index (χ2n) is 4.79. The van der Waals surface area contributed by atoms with Crippen molar-refractivity contribution in [3.05, 3.63) is 30.2 Å². The summed E-state index contributed by atoms with van der Waals surface area (Å²) in [6, 6.07) is 0. The maximum atomic E-state index is 5.42. The maximum Gasteiger partial charge on any atom is 0.252 e. The molecule has 0 aliphatic heterocycles. The van der Waals surface area contributed by atoms with Crippen LogP contribution in [-0.4, -0.2) is 38.3 Å². The maximum absolute atomic E-state index is 5.42. The van der Waals surface area contributed by atoms with Gasteiger partial charge in [-0.05, 0) is 12.5 Å². The lowest BCUT2D eigenvalue weighted by molar-refractivity contribution is 0.551. The average Bonchev–Trinajstić information content (AvgIpc) is 3.00. The Hall–Kier alpha value is -2.44. The molecule has 0 bridgehead atoms.